The molecule has 1 aliphatic rings. The Labute approximate surface area is 171 Å². The Hall–Kier alpha value is -3.17. The molecule has 29 heavy (non-hydrogen) atoms. The van der Waals surface area contributed by atoms with Crippen molar-refractivity contribution in [3.8, 4) is 11.1 Å². The number of ether oxygens (including phenoxy) is 1. The molecule has 5 rings (SSSR count). The molecule has 1 atom stereocenters. The first-order valence-corrected chi connectivity index (χ1v) is 10.3. The van der Waals surface area contributed by atoms with Gasteiger partial charge < -0.3 is 4.74 Å². The van der Waals surface area contributed by atoms with Gasteiger partial charge in [-0.1, -0.05) is 72.8 Å². The van der Waals surface area contributed by atoms with E-state index in [1.807, 2.05) is 6.07 Å². The number of nitrogens with zero attached hydrogens (tertiary/aromatic N) is 2. The van der Waals surface area contributed by atoms with Crippen molar-refractivity contribution in [3.05, 3.63) is 90.1 Å². The van der Waals surface area contributed by atoms with Crippen molar-refractivity contribution in [1.82, 2.24) is 9.78 Å². The summed E-state index contributed by atoms with van der Waals surface area (Å²) >= 11 is 0. The van der Waals surface area contributed by atoms with Gasteiger partial charge in [0.1, 0.15) is 0 Å². The topological polar surface area (TPSA) is 27.1 Å². The van der Waals surface area contributed by atoms with Crippen LogP contribution in [-0.2, 0) is 4.74 Å². The summed E-state index contributed by atoms with van der Waals surface area (Å²) in [5, 5.41) is 6.13. The maximum absolute atomic E-state index is 6.04. The van der Waals surface area contributed by atoms with Crippen LogP contribution in [0.1, 0.15) is 36.7 Å². The molecule has 1 unspecified atom stereocenters. The summed E-state index contributed by atoms with van der Waals surface area (Å²) in [6.07, 6.45) is 7.60. The first-order chi connectivity index (χ1) is 14.4. The number of rotatable bonds is 4. The minimum absolute atomic E-state index is 0.0210. The lowest BCUT2D eigenvalue weighted by Gasteiger charge is -2.23. The van der Waals surface area contributed by atoms with Crippen LogP contribution in [0.2, 0.25) is 0 Å². The van der Waals surface area contributed by atoms with Gasteiger partial charge >= 0.3 is 0 Å². The molecule has 0 saturated carbocycles. The van der Waals surface area contributed by atoms with Crippen LogP contribution >= 0.6 is 0 Å². The molecule has 1 saturated heterocycles. The smallest absolute Gasteiger partial charge is 0.150 e. The fraction of sp³-hybridized carbons (Fsp3) is 0.192. The minimum atomic E-state index is 0.0210. The molecule has 144 valence electrons. The van der Waals surface area contributed by atoms with Crippen LogP contribution in [0, 0.1) is 0 Å². The number of hydrogen-bond donors (Lipinski definition) is 0. The molecule has 3 nitrogen and oxygen atoms in total. The summed E-state index contributed by atoms with van der Waals surface area (Å²) in [7, 11) is 0. The lowest BCUT2D eigenvalue weighted by molar-refractivity contribution is -0.0367. The number of aromatic nitrogens is 2. The highest BCUT2D eigenvalue weighted by molar-refractivity contribution is 5.93. The second-order valence-electron chi connectivity index (χ2n) is 7.49. The molecule has 0 N–H and O–H groups in total. The molecule has 0 spiro atoms. The van der Waals surface area contributed by atoms with Crippen molar-refractivity contribution in [2.75, 3.05) is 6.61 Å². The summed E-state index contributed by atoms with van der Waals surface area (Å²) in [6, 6.07) is 27.5. The molecule has 0 radical (unpaired) electrons. The van der Waals surface area contributed by atoms with E-state index in [4.69, 9.17) is 9.84 Å². The monoisotopic (exact) mass is 380 g/mol. The van der Waals surface area contributed by atoms with Crippen LogP contribution in [0.15, 0.2) is 78.9 Å². The molecule has 1 aromatic heterocycles. The molecule has 0 amide bonds. The Bertz CT molecular complexity index is 1120. The summed E-state index contributed by atoms with van der Waals surface area (Å²) in [6.45, 7) is 0.809. The van der Waals surface area contributed by atoms with E-state index in [1.54, 1.807) is 0 Å². The van der Waals surface area contributed by atoms with E-state index in [1.165, 1.54) is 23.1 Å². The van der Waals surface area contributed by atoms with Crippen molar-refractivity contribution in [2.24, 2.45) is 0 Å². The third-order valence-corrected chi connectivity index (χ3v) is 5.50. The van der Waals surface area contributed by atoms with Crippen molar-refractivity contribution in [2.45, 2.75) is 25.5 Å². The Morgan fingerprint density at radius 3 is 2.38 bits per heavy atom. The van der Waals surface area contributed by atoms with Crippen LogP contribution in [0.25, 0.3) is 34.2 Å². The zero-order chi connectivity index (χ0) is 19.5. The number of fused-ring (bicyclic) bond motifs is 1. The Morgan fingerprint density at radius 1 is 0.828 bits per heavy atom. The summed E-state index contributed by atoms with van der Waals surface area (Å²) in [4.78, 5) is 0. The first kappa shape index (κ1) is 17.9. The van der Waals surface area contributed by atoms with E-state index < -0.39 is 0 Å². The standard InChI is InChI=1S/C26H24N2O/c1-3-9-20(10-4-1)14-16-24-23-19-22(21-11-5-2-6-12-21)15-17-25(23)28(27-24)26-13-7-8-18-29-26/h1-6,9-12,14-17,19,26H,7-8,13,18H2. The second kappa shape index (κ2) is 8.06. The van der Waals surface area contributed by atoms with E-state index in [-0.39, 0.29) is 6.23 Å². The van der Waals surface area contributed by atoms with Crippen LogP contribution in [0.5, 0.6) is 0 Å². The summed E-state index contributed by atoms with van der Waals surface area (Å²) < 4.78 is 8.12. The van der Waals surface area contributed by atoms with E-state index in [0.717, 1.165) is 36.0 Å². The molecular formula is C26H24N2O. The first-order valence-electron chi connectivity index (χ1n) is 10.3. The van der Waals surface area contributed by atoms with Crippen LogP contribution < -0.4 is 0 Å². The zero-order valence-corrected chi connectivity index (χ0v) is 16.4. The lowest BCUT2D eigenvalue weighted by atomic mass is 10.0. The molecule has 1 aliphatic heterocycles. The van der Waals surface area contributed by atoms with Crippen molar-refractivity contribution in [1.29, 1.82) is 0 Å². The van der Waals surface area contributed by atoms with E-state index in [2.05, 4.69) is 89.6 Å². The van der Waals surface area contributed by atoms with Gasteiger partial charge in [0.2, 0.25) is 0 Å². The molecule has 4 aromatic rings. The maximum Gasteiger partial charge on any atom is 0.150 e. The molecule has 3 aromatic carbocycles. The fourth-order valence-corrected chi connectivity index (χ4v) is 3.97. The third-order valence-electron chi connectivity index (χ3n) is 5.50. The van der Waals surface area contributed by atoms with E-state index in [9.17, 15) is 0 Å². The largest absolute Gasteiger partial charge is 0.356 e. The number of benzene rings is 3. The van der Waals surface area contributed by atoms with Gasteiger partial charge in [-0.2, -0.15) is 5.10 Å². The molecule has 3 heteroatoms. The van der Waals surface area contributed by atoms with E-state index >= 15 is 0 Å². The zero-order valence-electron chi connectivity index (χ0n) is 16.4. The summed E-state index contributed by atoms with van der Waals surface area (Å²) in [5.41, 5.74) is 5.70. The predicted molar refractivity (Wildman–Crippen MR) is 119 cm³/mol. The predicted octanol–water partition coefficient (Wildman–Crippen LogP) is 6.57. The van der Waals surface area contributed by atoms with Crippen molar-refractivity contribution < 1.29 is 4.74 Å². The maximum atomic E-state index is 6.04. The summed E-state index contributed by atoms with van der Waals surface area (Å²) in [5.74, 6) is 0. The van der Waals surface area contributed by atoms with Crippen molar-refractivity contribution >= 4 is 23.1 Å². The molecule has 0 aliphatic carbocycles. The quantitative estimate of drug-likeness (QED) is 0.400. The molecule has 1 fully saturated rings. The lowest BCUT2D eigenvalue weighted by Crippen LogP contribution is -2.19. The van der Waals surface area contributed by atoms with Gasteiger partial charge in [-0.3, -0.25) is 0 Å². The minimum Gasteiger partial charge on any atom is -0.356 e. The third kappa shape index (κ3) is 3.74. The van der Waals surface area contributed by atoms with Gasteiger partial charge in [-0.05, 0) is 54.2 Å². The van der Waals surface area contributed by atoms with Gasteiger partial charge in [0.25, 0.3) is 0 Å². The second-order valence-corrected chi connectivity index (χ2v) is 7.49. The Balaban J connectivity index is 1.61. The molecular weight excluding hydrogens is 356 g/mol. The number of hydrogen-bond acceptors (Lipinski definition) is 2. The highest BCUT2D eigenvalue weighted by Crippen LogP contribution is 2.32. The van der Waals surface area contributed by atoms with Gasteiger partial charge in [0, 0.05) is 12.0 Å². The average Bonchev–Trinajstić information content (AvgIpc) is 3.17. The normalized spacial score (nSPS) is 17.2. The SMILES string of the molecule is C(=Cc1nn(C2CCCCO2)c2ccc(-c3ccccc3)cc12)c1ccccc1. The highest BCUT2D eigenvalue weighted by Gasteiger charge is 2.20. The highest BCUT2D eigenvalue weighted by atomic mass is 16.5. The molecule has 0 bridgehead atoms. The van der Waals surface area contributed by atoms with E-state index in [0.29, 0.717) is 0 Å². The van der Waals surface area contributed by atoms with Gasteiger partial charge in [-0.25, -0.2) is 4.68 Å². The van der Waals surface area contributed by atoms with Crippen LogP contribution in [-0.4, -0.2) is 16.4 Å². The average molecular weight is 380 g/mol. The van der Waals surface area contributed by atoms with Gasteiger partial charge in [-0.15, -0.1) is 0 Å². The Kier molecular flexibility index (Phi) is 4.97. The van der Waals surface area contributed by atoms with Gasteiger partial charge in [0.05, 0.1) is 11.2 Å². The van der Waals surface area contributed by atoms with Crippen molar-refractivity contribution in [3.63, 3.8) is 0 Å². The van der Waals surface area contributed by atoms with Crippen LogP contribution in [0.4, 0.5) is 0 Å². The fourth-order valence-electron chi connectivity index (χ4n) is 3.97. The Morgan fingerprint density at radius 2 is 1.62 bits per heavy atom. The van der Waals surface area contributed by atoms with Crippen LogP contribution in [0.3, 0.4) is 0 Å². The van der Waals surface area contributed by atoms with Gasteiger partial charge in [0.15, 0.2) is 6.23 Å². The molecule has 2 heterocycles.